The minimum Gasteiger partial charge on any atom is -0.438 e. The summed E-state index contributed by atoms with van der Waals surface area (Å²) in [5.74, 6) is 1.77. The summed E-state index contributed by atoms with van der Waals surface area (Å²) in [6.07, 6.45) is 1.71. The van der Waals surface area contributed by atoms with Gasteiger partial charge in [0.1, 0.15) is 5.75 Å². The molecule has 88 valence electrons. The summed E-state index contributed by atoms with van der Waals surface area (Å²) in [5, 5.41) is 0. The number of alkyl halides is 1. The minimum absolute atomic E-state index is 0.460. The van der Waals surface area contributed by atoms with Crippen LogP contribution in [0.4, 0.5) is 0 Å². The highest BCUT2D eigenvalue weighted by Crippen LogP contribution is 2.29. The van der Waals surface area contributed by atoms with Gasteiger partial charge in [-0.1, -0.05) is 12.1 Å². The number of aromatic nitrogens is 1. The van der Waals surface area contributed by atoms with E-state index in [1.54, 1.807) is 6.20 Å². The molecule has 0 radical (unpaired) electrons. The van der Waals surface area contributed by atoms with E-state index < -0.39 is 0 Å². The third kappa shape index (κ3) is 3.20. The van der Waals surface area contributed by atoms with Crippen molar-refractivity contribution in [3.8, 4) is 11.6 Å². The van der Waals surface area contributed by atoms with Crippen molar-refractivity contribution in [2.45, 2.75) is 12.8 Å². The van der Waals surface area contributed by atoms with Crippen LogP contribution in [0.15, 0.2) is 41.0 Å². The summed E-state index contributed by atoms with van der Waals surface area (Å²) in [6, 6.07) is 9.62. The normalized spacial score (nSPS) is 10.3. The second-order valence-electron chi connectivity index (χ2n) is 3.67. The Bertz CT molecular complexity index is 513. The molecule has 0 aliphatic rings. The zero-order chi connectivity index (χ0) is 12.3. The number of halogens is 2. The average molecular weight is 313 g/mol. The first-order valence-corrected chi connectivity index (χ1v) is 6.46. The standard InChI is InChI=1S/C13H11BrClNO/c1-9-2-4-12(11(14)6-9)17-13-5-3-10(7-15)8-16-13/h2-6,8H,7H2,1H3. The van der Waals surface area contributed by atoms with Crippen LogP contribution in [-0.4, -0.2) is 4.98 Å². The van der Waals surface area contributed by atoms with Crippen LogP contribution in [0.25, 0.3) is 0 Å². The molecule has 2 rings (SSSR count). The third-order valence-electron chi connectivity index (χ3n) is 2.25. The van der Waals surface area contributed by atoms with Gasteiger partial charge in [0.25, 0.3) is 0 Å². The molecule has 0 bridgehead atoms. The molecule has 0 saturated heterocycles. The van der Waals surface area contributed by atoms with Gasteiger partial charge in [0.2, 0.25) is 5.88 Å². The van der Waals surface area contributed by atoms with Crippen molar-refractivity contribution in [3.05, 3.63) is 52.1 Å². The molecule has 1 aromatic carbocycles. The Kier molecular flexibility index (Phi) is 4.02. The van der Waals surface area contributed by atoms with E-state index in [0.717, 1.165) is 15.8 Å². The Hall–Kier alpha value is -1.06. The SMILES string of the molecule is Cc1ccc(Oc2ccc(CCl)cn2)c(Br)c1. The molecular weight excluding hydrogens is 302 g/mol. The van der Waals surface area contributed by atoms with Gasteiger partial charge < -0.3 is 4.74 Å². The average Bonchev–Trinajstić information content (AvgIpc) is 2.34. The molecule has 17 heavy (non-hydrogen) atoms. The van der Waals surface area contributed by atoms with Crippen LogP contribution in [0.1, 0.15) is 11.1 Å². The van der Waals surface area contributed by atoms with Crippen LogP contribution in [0.3, 0.4) is 0 Å². The van der Waals surface area contributed by atoms with Crippen LogP contribution in [0.2, 0.25) is 0 Å². The monoisotopic (exact) mass is 311 g/mol. The summed E-state index contributed by atoms with van der Waals surface area (Å²) in [5.41, 5.74) is 2.15. The molecule has 2 nitrogen and oxygen atoms in total. The van der Waals surface area contributed by atoms with Gasteiger partial charge in [-0.25, -0.2) is 4.98 Å². The number of nitrogens with zero attached hydrogens (tertiary/aromatic N) is 1. The maximum absolute atomic E-state index is 5.69. The third-order valence-corrected chi connectivity index (χ3v) is 3.18. The Labute approximate surface area is 114 Å². The Morgan fingerprint density at radius 1 is 1.29 bits per heavy atom. The summed E-state index contributed by atoms with van der Waals surface area (Å²) >= 11 is 9.15. The molecule has 0 N–H and O–H groups in total. The lowest BCUT2D eigenvalue weighted by atomic mass is 10.2. The van der Waals surface area contributed by atoms with Crippen molar-refractivity contribution < 1.29 is 4.74 Å². The molecule has 0 saturated carbocycles. The number of benzene rings is 1. The Balaban J connectivity index is 2.19. The van der Waals surface area contributed by atoms with Crippen molar-refractivity contribution >= 4 is 27.5 Å². The number of hydrogen-bond donors (Lipinski definition) is 0. The van der Waals surface area contributed by atoms with E-state index in [1.807, 2.05) is 37.3 Å². The van der Waals surface area contributed by atoms with E-state index in [-0.39, 0.29) is 0 Å². The van der Waals surface area contributed by atoms with E-state index in [4.69, 9.17) is 16.3 Å². The Morgan fingerprint density at radius 2 is 2.12 bits per heavy atom. The topological polar surface area (TPSA) is 22.1 Å². The number of pyridine rings is 1. The molecule has 0 amide bonds. The second kappa shape index (κ2) is 5.52. The largest absolute Gasteiger partial charge is 0.438 e. The first-order chi connectivity index (χ1) is 8.19. The fraction of sp³-hybridized carbons (Fsp3) is 0.154. The molecule has 0 atom stereocenters. The molecule has 1 aromatic heterocycles. The fourth-order valence-electron chi connectivity index (χ4n) is 1.35. The number of rotatable bonds is 3. The second-order valence-corrected chi connectivity index (χ2v) is 4.80. The predicted molar refractivity (Wildman–Crippen MR) is 72.7 cm³/mol. The molecule has 0 aliphatic heterocycles. The lowest BCUT2D eigenvalue weighted by Crippen LogP contribution is -1.90. The van der Waals surface area contributed by atoms with Gasteiger partial charge in [0, 0.05) is 18.1 Å². The van der Waals surface area contributed by atoms with Crippen LogP contribution < -0.4 is 4.74 Å². The molecule has 0 spiro atoms. The molecule has 4 heteroatoms. The molecule has 2 aromatic rings. The zero-order valence-corrected chi connectivity index (χ0v) is 11.6. The van der Waals surface area contributed by atoms with E-state index >= 15 is 0 Å². The first kappa shape index (κ1) is 12.4. The van der Waals surface area contributed by atoms with Gasteiger partial charge in [0.15, 0.2) is 0 Å². The summed E-state index contributed by atoms with van der Waals surface area (Å²) < 4.78 is 6.58. The van der Waals surface area contributed by atoms with Crippen molar-refractivity contribution in [3.63, 3.8) is 0 Å². The summed E-state index contributed by atoms with van der Waals surface area (Å²) in [4.78, 5) is 4.18. The lowest BCUT2D eigenvalue weighted by Gasteiger charge is -2.07. The van der Waals surface area contributed by atoms with Crippen LogP contribution in [0.5, 0.6) is 11.6 Å². The highest BCUT2D eigenvalue weighted by atomic mass is 79.9. The molecular formula is C13H11BrClNO. The minimum atomic E-state index is 0.460. The maximum Gasteiger partial charge on any atom is 0.219 e. The van der Waals surface area contributed by atoms with E-state index in [9.17, 15) is 0 Å². The molecule has 1 heterocycles. The quantitative estimate of drug-likeness (QED) is 0.767. The van der Waals surface area contributed by atoms with E-state index in [1.165, 1.54) is 5.56 Å². The highest BCUT2D eigenvalue weighted by molar-refractivity contribution is 9.10. The summed E-state index contributed by atoms with van der Waals surface area (Å²) in [7, 11) is 0. The smallest absolute Gasteiger partial charge is 0.219 e. The van der Waals surface area contributed by atoms with Gasteiger partial charge in [0.05, 0.1) is 4.47 Å². The molecule has 0 aliphatic carbocycles. The molecule has 0 fully saturated rings. The van der Waals surface area contributed by atoms with E-state index in [2.05, 4.69) is 20.9 Å². The fourth-order valence-corrected chi connectivity index (χ4v) is 2.08. The molecule has 0 unspecified atom stereocenters. The van der Waals surface area contributed by atoms with Crippen LogP contribution in [-0.2, 0) is 5.88 Å². The van der Waals surface area contributed by atoms with Crippen molar-refractivity contribution in [1.29, 1.82) is 0 Å². The van der Waals surface area contributed by atoms with Gasteiger partial charge in [-0.2, -0.15) is 0 Å². The predicted octanol–water partition coefficient (Wildman–Crippen LogP) is 4.68. The Morgan fingerprint density at radius 3 is 2.71 bits per heavy atom. The first-order valence-electron chi connectivity index (χ1n) is 5.14. The number of ether oxygens (including phenoxy) is 1. The summed E-state index contributed by atoms with van der Waals surface area (Å²) in [6.45, 7) is 2.03. The van der Waals surface area contributed by atoms with Gasteiger partial charge in [-0.05, 0) is 46.1 Å². The van der Waals surface area contributed by atoms with Gasteiger partial charge in [-0.15, -0.1) is 11.6 Å². The van der Waals surface area contributed by atoms with Crippen molar-refractivity contribution in [1.82, 2.24) is 4.98 Å². The number of hydrogen-bond acceptors (Lipinski definition) is 2. The van der Waals surface area contributed by atoms with Crippen LogP contribution >= 0.6 is 27.5 Å². The zero-order valence-electron chi connectivity index (χ0n) is 9.28. The van der Waals surface area contributed by atoms with Crippen molar-refractivity contribution in [2.75, 3.05) is 0 Å². The highest BCUT2D eigenvalue weighted by Gasteiger charge is 2.03. The van der Waals surface area contributed by atoms with E-state index in [0.29, 0.717) is 11.8 Å². The lowest BCUT2D eigenvalue weighted by molar-refractivity contribution is 0.459. The maximum atomic E-state index is 5.69. The van der Waals surface area contributed by atoms with Gasteiger partial charge >= 0.3 is 0 Å². The van der Waals surface area contributed by atoms with Crippen LogP contribution in [0, 0.1) is 6.92 Å². The number of aryl methyl sites for hydroxylation is 1. The van der Waals surface area contributed by atoms with Gasteiger partial charge in [-0.3, -0.25) is 0 Å². The van der Waals surface area contributed by atoms with Crippen molar-refractivity contribution in [2.24, 2.45) is 0 Å².